The predicted molar refractivity (Wildman–Crippen MR) is 66.4 cm³/mol. The van der Waals surface area contributed by atoms with E-state index in [0.29, 0.717) is 10.0 Å². The van der Waals surface area contributed by atoms with E-state index < -0.39 is 0 Å². The normalized spacial score (nSPS) is 10.3. The van der Waals surface area contributed by atoms with Crippen molar-refractivity contribution < 1.29 is 0 Å². The lowest BCUT2D eigenvalue weighted by molar-refractivity contribution is 1.57. The van der Waals surface area contributed by atoms with Crippen molar-refractivity contribution in [3.63, 3.8) is 0 Å². The zero-order valence-corrected chi connectivity index (χ0v) is 9.52. The number of halogens is 2. The minimum absolute atomic E-state index is 0.666. The third-order valence-corrected chi connectivity index (χ3v) is 2.84. The van der Waals surface area contributed by atoms with Gasteiger partial charge < -0.3 is 0 Å². The highest BCUT2D eigenvalue weighted by atomic mass is 35.5. The fourth-order valence-corrected chi connectivity index (χ4v) is 2.06. The quantitative estimate of drug-likeness (QED) is 0.664. The summed E-state index contributed by atoms with van der Waals surface area (Å²) in [6, 6.07) is 13.3. The number of hydrogen-bond acceptors (Lipinski definition) is 0. The molecule has 0 aliphatic carbocycles. The van der Waals surface area contributed by atoms with Gasteiger partial charge in [-0.15, -0.1) is 0 Å². The zero-order chi connectivity index (χ0) is 10.8. The fraction of sp³-hybridized carbons (Fsp3) is 0. The van der Waals surface area contributed by atoms with Gasteiger partial charge in [-0.2, -0.15) is 0 Å². The summed E-state index contributed by atoms with van der Waals surface area (Å²) in [7, 11) is 0. The maximum Gasteiger partial charge on any atom is 0.0499 e. The molecule has 0 aromatic heterocycles. The molecule has 0 bridgehead atoms. The molecule has 0 atom stereocenters. The largest absolute Gasteiger partial charge is 0.0836 e. The third kappa shape index (κ3) is 2.17. The maximum absolute atomic E-state index is 6.10. The first kappa shape index (κ1) is 10.5. The lowest BCUT2D eigenvalue weighted by atomic mass is 10.0. The van der Waals surface area contributed by atoms with Crippen LogP contribution in [0.15, 0.2) is 42.5 Å². The molecule has 0 unspecified atom stereocenters. The summed E-state index contributed by atoms with van der Waals surface area (Å²) in [5.74, 6) is 0. The smallest absolute Gasteiger partial charge is 0.0499 e. The van der Waals surface area contributed by atoms with Crippen molar-refractivity contribution in [3.8, 4) is 11.1 Å². The summed E-state index contributed by atoms with van der Waals surface area (Å²) in [5.41, 5.74) is 2.86. The average Bonchev–Trinajstić information content (AvgIpc) is 2.20. The summed E-state index contributed by atoms with van der Waals surface area (Å²) in [6.07, 6.45) is 0. The number of rotatable bonds is 1. The van der Waals surface area contributed by atoms with Crippen LogP contribution in [0.3, 0.4) is 0 Å². The molecule has 0 fully saturated rings. The van der Waals surface area contributed by atoms with Crippen LogP contribution in [0.1, 0.15) is 5.56 Å². The molecule has 0 spiro atoms. The average molecular weight is 236 g/mol. The molecule has 0 amide bonds. The Kier molecular flexibility index (Phi) is 2.99. The van der Waals surface area contributed by atoms with Crippen LogP contribution in [0.2, 0.25) is 10.0 Å². The molecule has 2 heteroatoms. The van der Waals surface area contributed by atoms with Crippen molar-refractivity contribution in [1.29, 1.82) is 0 Å². The number of benzene rings is 2. The van der Waals surface area contributed by atoms with Crippen LogP contribution >= 0.6 is 23.2 Å². The molecule has 0 N–H and O–H groups in total. The van der Waals surface area contributed by atoms with Crippen molar-refractivity contribution in [2.24, 2.45) is 0 Å². The summed E-state index contributed by atoms with van der Waals surface area (Å²) in [4.78, 5) is 0. The second-order valence-corrected chi connectivity index (χ2v) is 4.11. The van der Waals surface area contributed by atoms with E-state index in [-0.39, 0.29) is 0 Å². The lowest BCUT2D eigenvalue weighted by Crippen LogP contribution is -1.81. The Bertz CT molecular complexity index is 452. The minimum atomic E-state index is 0.666. The van der Waals surface area contributed by atoms with Gasteiger partial charge in [-0.1, -0.05) is 53.5 Å². The summed E-state index contributed by atoms with van der Waals surface area (Å²) < 4.78 is 0. The lowest BCUT2D eigenvalue weighted by Gasteiger charge is -2.06. The minimum Gasteiger partial charge on any atom is -0.0836 e. The van der Waals surface area contributed by atoms with Crippen molar-refractivity contribution >= 4 is 23.2 Å². The summed E-state index contributed by atoms with van der Waals surface area (Å²) in [6.45, 7) is 3.83. The van der Waals surface area contributed by atoms with Crippen molar-refractivity contribution in [2.45, 2.75) is 0 Å². The SMILES string of the molecule is [CH2]c1ccc(-c2c(Cl)cccc2Cl)cc1. The molecule has 0 aliphatic heterocycles. The van der Waals surface area contributed by atoms with Crippen LogP contribution in [0.25, 0.3) is 11.1 Å². The third-order valence-electron chi connectivity index (χ3n) is 2.21. The first-order valence-electron chi connectivity index (χ1n) is 4.55. The van der Waals surface area contributed by atoms with Gasteiger partial charge in [-0.3, -0.25) is 0 Å². The fourth-order valence-electron chi connectivity index (χ4n) is 1.45. The molecule has 15 heavy (non-hydrogen) atoms. The molecule has 0 saturated heterocycles. The van der Waals surface area contributed by atoms with E-state index in [1.54, 1.807) is 0 Å². The van der Waals surface area contributed by atoms with Gasteiger partial charge in [0.25, 0.3) is 0 Å². The van der Waals surface area contributed by atoms with E-state index in [0.717, 1.165) is 16.7 Å². The predicted octanol–water partition coefficient (Wildman–Crippen LogP) is 4.84. The summed E-state index contributed by atoms with van der Waals surface area (Å²) >= 11 is 12.2. The number of hydrogen-bond donors (Lipinski definition) is 0. The van der Waals surface area contributed by atoms with Gasteiger partial charge >= 0.3 is 0 Å². The van der Waals surface area contributed by atoms with Gasteiger partial charge in [0.15, 0.2) is 0 Å². The van der Waals surface area contributed by atoms with E-state index in [1.807, 2.05) is 42.5 Å². The topological polar surface area (TPSA) is 0 Å². The molecule has 0 saturated carbocycles. The Morgan fingerprint density at radius 3 is 1.87 bits per heavy atom. The first-order valence-corrected chi connectivity index (χ1v) is 5.30. The zero-order valence-electron chi connectivity index (χ0n) is 8.00. The Hall–Kier alpha value is -0.980. The molecule has 2 rings (SSSR count). The molecular weight excluding hydrogens is 227 g/mol. The van der Waals surface area contributed by atoms with Crippen LogP contribution in [-0.4, -0.2) is 0 Å². The van der Waals surface area contributed by atoms with Crippen LogP contribution in [0.5, 0.6) is 0 Å². The summed E-state index contributed by atoms with van der Waals surface area (Å²) in [5, 5.41) is 1.33. The van der Waals surface area contributed by atoms with Crippen LogP contribution < -0.4 is 0 Å². The second kappa shape index (κ2) is 4.26. The van der Waals surface area contributed by atoms with Crippen molar-refractivity contribution in [2.75, 3.05) is 0 Å². The monoisotopic (exact) mass is 235 g/mol. The maximum atomic E-state index is 6.10. The molecule has 75 valence electrons. The van der Waals surface area contributed by atoms with Gasteiger partial charge in [-0.25, -0.2) is 0 Å². The standard InChI is InChI=1S/C13H9Cl2/c1-9-5-7-10(8-6-9)13-11(14)3-2-4-12(13)15/h2-8H,1H2. The molecular formula is C13H9Cl2. The van der Waals surface area contributed by atoms with E-state index in [9.17, 15) is 0 Å². The van der Waals surface area contributed by atoms with Gasteiger partial charge in [0, 0.05) is 15.6 Å². The molecule has 2 aromatic carbocycles. The Morgan fingerprint density at radius 2 is 1.33 bits per heavy atom. The van der Waals surface area contributed by atoms with Gasteiger partial charge in [0.1, 0.15) is 0 Å². The van der Waals surface area contributed by atoms with Crippen LogP contribution in [0, 0.1) is 6.92 Å². The Balaban J connectivity index is 2.58. The van der Waals surface area contributed by atoms with E-state index in [2.05, 4.69) is 6.92 Å². The molecule has 0 nitrogen and oxygen atoms in total. The van der Waals surface area contributed by atoms with Crippen molar-refractivity contribution in [1.82, 2.24) is 0 Å². The highest BCUT2D eigenvalue weighted by Crippen LogP contribution is 2.34. The highest BCUT2D eigenvalue weighted by molar-refractivity contribution is 6.39. The molecule has 1 radical (unpaired) electrons. The van der Waals surface area contributed by atoms with Gasteiger partial charge in [0.05, 0.1) is 0 Å². The molecule has 0 heterocycles. The van der Waals surface area contributed by atoms with Gasteiger partial charge in [0.2, 0.25) is 0 Å². The highest BCUT2D eigenvalue weighted by Gasteiger charge is 2.06. The Labute approximate surface area is 99.5 Å². The van der Waals surface area contributed by atoms with Crippen LogP contribution in [0.4, 0.5) is 0 Å². The first-order chi connectivity index (χ1) is 7.18. The molecule has 2 aromatic rings. The van der Waals surface area contributed by atoms with E-state index in [1.165, 1.54) is 0 Å². The Morgan fingerprint density at radius 1 is 0.800 bits per heavy atom. The van der Waals surface area contributed by atoms with Crippen molar-refractivity contribution in [3.05, 3.63) is 65.0 Å². The van der Waals surface area contributed by atoms with Crippen LogP contribution in [-0.2, 0) is 0 Å². The molecule has 0 aliphatic rings. The van der Waals surface area contributed by atoms with E-state index in [4.69, 9.17) is 23.2 Å². The van der Waals surface area contributed by atoms with Gasteiger partial charge in [-0.05, 0) is 30.2 Å². The van der Waals surface area contributed by atoms with E-state index >= 15 is 0 Å². The second-order valence-electron chi connectivity index (χ2n) is 3.29.